The number of nitrogen functional groups attached to an aromatic ring is 1. The fraction of sp³-hybridized carbons (Fsp3) is 0.375. The van der Waals surface area contributed by atoms with Crippen LogP contribution < -0.4 is 5.73 Å². The number of rotatable bonds is 1. The molecule has 60 valence electrons. The summed E-state index contributed by atoms with van der Waals surface area (Å²) in [6, 6.07) is 2.07. The number of thiophene rings is 1. The number of hydrogen-bond acceptors (Lipinski definition) is 3. The van der Waals surface area contributed by atoms with Crippen LogP contribution in [0.2, 0.25) is 0 Å². The van der Waals surface area contributed by atoms with Crippen LogP contribution in [0.25, 0.3) is 0 Å². The van der Waals surface area contributed by atoms with E-state index in [0.717, 1.165) is 16.3 Å². The summed E-state index contributed by atoms with van der Waals surface area (Å²) in [5.41, 5.74) is 7.84. The second kappa shape index (κ2) is 3.05. The lowest BCUT2D eigenvalue weighted by atomic mass is 10.2. The molecule has 2 N–H and O–H groups in total. The molecule has 0 unspecified atom stereocenters. The molecular weight excluding hydrogens is 156 g/mol. The molecule has 0 saturated carbocycles. The summed E-state index contributed by atoms with van der Waals surface area (Å²) >= 11 is 1.61. The summed E-state index contributed by atoms with van der Waals surface area (Å²) < 4.78 is 0. The van der Waals surface area contributed by atoms with Crippen molar-refractivity contribution < 1.29 is 0 Å². The van der Waals surface area contributed by atoms with E-state index in [0.29, 0.717) is 0 Å². The van der Waals surface area contributed by atoms with Gasteiger partial charge in [0.25, 0.3) is 0 Å². The van der Waals surface area contributed by atoms with Crippen molar-refractivity contribution in [3.8, 4) is 0 Å². The quantitative estimate of drug-likeness (QED) is 0.640. The maximum Gasteiger partial charge on any atom is 0.0950 e. The smallest absolute Gasteiger partial charge is 0.0950 e. The van der Waals surface area contributed by atoms with Gasteiger partial charge >= 0.3 is 0 Å². The van der Waals surface area contributed by atoms with Gasteiger partial charge in [0, 0.05) is 23.2 Å². The molecule has 0 amide bonds. The molecule has 0 aliphatic heterocycles. The Balaban J connectivity index is 3.13. The number of hydrogen-bond donors (Lipinski definition) is 1. The van der Waals surface area contributed by atoms with E-state index >= 15 is 0 Å². The largest absolute Gasteiger partial charge is 0.390 e. The highest BCUT2D eigenvalue weighted by atomic mass is 32.1. The Morgan fingerprint density at radius 2 is 2.27 bits per heavy atom. The van der Waals surface area contributed by atoms with Gasteiger partial charge in [-0.25, -0.2) is 0 Å². The average molecular weight is 168 g/mol. The van der Waals surface area contributed by atoms with Crippen molar-refractivity contribution in [2.75, 3.05) is 12.8 Å². The lowest BCUT2D eigenvalue weighted by Crippen LogP contribution is -1.95. The monoisotopic (exact) mass is 168 g/mol. The van der Waals surface area contributed by atoms with Crippen molar-refractivity contribution in [3.63, 3.8) is 0 Å². The van der Waals surface area contributed by atoms with Gasteiger partial charge in [0.2, 0.25) is 0 Å². The molecule has 0 atom stereocenters. The summed E-state index contributed by atoms with van der Waals surface area (Å²) in [7, 11) is 1.78. The molecule has 0 aliphatic carbocycles. The van der Waals surface area contributed by atoms with E-state index in [2.05, 4.69) is 11.1 Å². The maximum atomic E-state index is 5.76. The first kappa shape index (κ1) is 8.27. The highest BCUT2D eigenvalue weighted by Crippen LogP contribution is 2.24. The van der Waals surface area contributed by atoms with Crippen molar-refractivity contribution in [3.05, 3.63) is 16.5 Å². The first-order valence-electron chi connectivity index (χ1n) is 3.45. The van der Waals surface area contributed by atoms with Crippen molar-refractivity contribution in [1.29, 1.82) is 0 Å². The van der Waals surface area contributed by atoms with E-state index in [1.807, 2.05) is 13.8 Å². The van der Waals surface area contributed by atoms with Crippen LogP contribution in [-0.4, -0.2) is 12.8 Å². The van der Waals surface area contributed by atoms with E-state index in [1.165, 1.54) is 4.88 Å². The molecule has 0 aliphatic rings. The van der Waals surface area contributed by atoms with Gasteiger partial charge in [-0.15, -0.1) is 11.3 Å². The van der Waals surface area contributed by atoms with Crippen LogP contribution in [0.15, 0.2) is 11.1 Å². The second-order valence-electron chi connectivity index (χ2n) is 2.44. The van der Waals surface area contributed by atoms with Crippen LogP contribution >= 0.6 is 11.3 Å². The van der Waals surface area contributed by atoms with Gasteiger partial charge in [-0.3, -0.25) is 4.99 Å². The molecule has 2 nitrogen and oxygen atoms in total. The Morgan fingerprint density at radius 3 is 2.64 bits per heavy atom. The average Bonchev–Trinajstić information content (AvgIpc) is 2.28. The summed E-state index contributed by atoms with van der Waals surface area (Å²) in [6.45, 7) is 4.02. The van der Waals surface area contributed by atoms with E-state index in [4.69, 9.17) is 5.73 Å². The first-order valence-corrected chi connectivity index (χ1v) is 4.26. The Labute approximate surface area is 70.8 Å². The molecule has 0 spiro atoms. The number of nitrogens with two attached hydrogens (primary N) is 1. The lowest BCUT2D eigenvalue weighted by Gasteiger charge is -1.94. The predicted octanol–water partition coefficient (Wildman–Crippen LogP) is 2.08. The molecular formula is C8H12N2S. The standard InChI is InChI=1S/C8H12N2S/c1-5-4-7(6(2)10-3)8(9)11-5/h4H,9H2,1-3H3. The summed E-state index contributed by atoms with van der Waals surface area (Å²) in [5, 5.41) is 0.866. The predicted molar refractivity (Wildman–Crippen MR) is 51.6 cm³/mol. The zero-order valence-corrected chi connectivity index (χ0v) is 7.83. The van der Waals surface area contributed by atoms with Crippen LogP contribution in [0.3, 0.4) is 0 Å². The Kier molecular flexibility index (Phi) is 2.29. The van der Waals surface area contributed by atoms with Gasteiger partial charge in [0.1, 0.15) is 0 Å². The zero-order chi connectivity index (χ0) is 8.43. The Hall–Kier alpha value is -0.830. The third-order valence-corrected chi connectivity index (χ3v) is 2.49. The van der Waals surface area contributed by atoms with Crippen LogP contribution in [-0.2, 0) is 0 Å². The van der Waals surface area contributed by atoms with E-state index in [1.54, 1.807) is 18.4 Å². The molecule has 1 aromatic heterocycles. The highest BCUT2D eigenvalue weighted by molar-refractivity contribution is 7.16. The fourth-order valence-electron chi connectivity index (χ4n) is 0.935. The van der Waals surface area contributed by atoms with Crippen LogP contribution in [0.1, 0.15) is 17.4 Å². The molecule has 11 heavy (non-hydrogen) atoms. The molecule has 1 heterocycles. The summed E-state index contributed by atoms with van der Waals surface area (Å²) in [4.78, 5) is 5.31. The topological polar surface area (TPSA) is 38.4 Å². The van der Waals surface area contributed by atoms with Gasteiger partial charge in [-0.2, -0.15) is 0 Å². The molecule has 3 heteroatoms. The number of nitrogens with zero attached hydrogens (tertiary/aromatic N) is 1. The minimum Gasteiger partial charge on any atom is -0.390 e. The number of anilines is 1. The van der Waals surface area contributed by atoms with Gasteiger partial charge in [0.15, 0.2) is 0 Å². The number of aliphatic imine (C=N–C) groups is 1. The van der Waals surface area contributed by atoms with E-state index < -0.39 is 0 Å². The molecule has 0 bridgehead atoms. The van der Waals surface area contributed by atoms with Crippen LogP contribution in [0, 0.1) is 6.92 Å². The second-order valence-corrected chi connectivity index (χ2v) is 3.73. The van der Waals surface area contributed by atoms with Gasteiger partial charge in [-0.1, -0.05) is 0 Å². The molecule has 1 rings (SSSR count). The van der Waals surface area contributed by atoms with Crippen molar-refractivity contribution in [1.82, 2.24) is 0 Å². The summed E-state index contributed by atoms with van der Waals surface area (Å²) in [6.07, 6.45) is 0. The van der Waals surface area contributed by atoms with Gasteiger partial charge in [-0.05, 0) is 19.9 Å². The SMILES string of the molecule is CN=C(C)c1cc(C)sc1N. The fourth-order valence-corrected chi connectivity index (χ4v) is 1.78. The first-order chi connectivity index (χ1) is 5.15. The third-order valence-electron chi connectivity index (χ3n) is 1.61. The molecule has 0 fully saturated rings. The van der Waals surface area contributed by atoms with Crippen molar-refractivity contribution in [2.45, 2.75) is 13.8 Å². The molecule has 0 aromatic carbocycles. The minimum absolute atomic E-state index is 0.866. The van der Waals surface area contributed by atoms with Gasteiger partial charge in [0.05, 0.1) is 5.00 Å². The molecule has 0 saturated heterocycles. The van der Waals surface area contributed by atoms with Crippen LogP contribution in [0.5, 0.6) is 0 Å². The van der Waals surface area contributed by atoms with E-state index in [9.17, 15) is 0 Å². The third kappa shape index (κ3) is 1.60. The summed E-state index contributed by atoms with van der Waals surface area (Å²) in [5.74, 6) is 0. The molecule has 0 radical (unpaired) electrons. The highest BCUT2D eigenvalue weighted by Gasteiger charge is 2.04. The minimum atomic E-state index is 0.866. The Bertz CT molecular complexity index is 286. The lowest BCUT2D eigenvalue weighted by molar-refractivity contribution is 1.42. The van der Waals surface area contributed by atoms with Crippen LogP contribution in [0.4, 0.5) is 5.00 Å². The van der Waals surface area contributed by atoms with Gasteiger partial charge < -0.3 is 5.73 Å². The molecule has 1 aromatic rings. The number of aryl methyl sites for hydroxylation is 1. The Morgan fingerprint density at radius 1 is 1.64 bits per heavy atom. The van der Waals surface area contributed by atoms with Crippen molar-refractivity contribution >= 4 is 22.0 Å². The normalized spacial score (nSPS) is 12.1. The van der Waals surface area contributed by atoms with E-state index in [-0.39, 0.29) is 0 Å². The van der Waals surface area contributed by atoms with Crippen molar-refractivity contribution in [2.24, 2.45) is 4.99 Å². The zero-order valence-electron chi connectivity index (χ0n) is 7.01. The maximum absolute atomic E-state index is 5.76.